The number of ether oxygens (including phenoxy) is 1. The van der Waals surface area contributed by atoms with Gasteiger partial charge in [0.25, 0.3) is 0 Å². The second-order valence-electron chi connectivity index (χ2n) is 14.7. The third kappa shape index (κ3) is 12.1. The quantitative estimate of drug-likeness (QED) is 0.129. The van der Waals surface area contributed by atoms with E-state index in [-0.39, 0.29) is 49.1 Å². The molecule has 3 atom stereocenters. The Bertz CT molecular complexity index is 1660. The van der Waals surface area contributed by atoms with Crippen molar-refractivity contribution in [3.63, 3.8) is 0 Å². The third-order valence-electron chi connectivity index (χ3n) is 10.7. The van der Waals surface area contributed by atoms with Gasteiger partial charge in [-0.15, -0.1) is 0 Å². The Morgan fingerprint density at radius 3 is 2.13 bits per heavy atom. The maximum atomic E-state index is 13.6. The van der Waals surface area contributed by atoms with Crippen LogP contribution in [0, 0.1) is 23.2 Å². The Morgan fingerprint density at radius 2 is 1.49 bits per heavy atom. The van der Waals surface area contributed by atoms with Crippen LogP contribution in [0.5, 0.6) is 0 Å². The van der Waals surface area contributed by atoms with Gasteiger partial charge in [-0.3, -0.25) is 29.9 Å². The predicted octanol–water partition coefficient (Wildman–Crippen LogP) is 3.35. The highest BCUT2D eigenvalue weighted by atomic mass is 32.2. The fourth-order valence-electron chi connectivity index (χ4n) is 7.79. The minimum absolute atomic E-state index is 0.0174. The second-order valence-corrected chi connectivity index (χ2v) is 16.5. The van der Waals surface area contributed by atoms with E-state index in [1.54, 1.807) is 0 Å². The molecule has 288 valence electrons. The number of guanidine groups is 1. The van der Waals surface area contributed by atoms with E-state index < -0.39 is 39.9 Å². The zero-order chi connectivity index (χ0) is 37.8. The predicted molar refractivity (Wildman–Crippen MR) is 201 cm³/mol. The van der Waals surface area contributed by atoms with Crippen LogP contribution in [-0.2, 0) is 47.0 Å². The molecule has 2 aliphatic heterocycles. The van der Waals surface area contributed by atoms with E-state index in [9.17, 15) is 27.6 Å². The van der Waals surface area contributed by atoms with Gasteiger partial charge < -0.3 is 19.9 Å². The molecule has 5 rings (SSSR count). The number of amides is 3. The summed E-state index contributed by atoms with van der Waals surface area (Å²) in [6.07, 6.45) is 8.58. The van der Waals surface area contributed by atoms with E-state index in [4.69, 9.17) is 10.1 Å². The number of piperidine rings is 1. The van der Waals surface area contributed by atoms with Gasteiger partial charge in [0, 0.05) is 26.2 Å². The first kappa shape index (κ1) is 39.9. The molecule has 3 aliphatic rings. The zero-order valence-electron chi connectivity index (χ0n) is 30.6. The van der Waals surface area contributed by atoms with Crippen LogP contribution in [0.1, 0.15) is 75.3 Å². The lowest BCUT2D eigenvalue weighted by Gasteiger charge is -2.35. The fourth-order valence-corrected chi connectivity index (χ4v) is 8.49. The highest BCUT2D eigenvalue weighted by Crippen LogP contribution is 2.32. The smallest absolute Gasteiger partial charge is 0.306 e. The largest absolute Gasteiger partial charge is 0.461 e. The molecule has 4 N–H and O–H groups in total. The average Bonchev–Trinajstić information content (AvgIpc) is 3.66. The van der Waals surface area contributed by atoms with Crippen molar-refractivity contribution >= 4 is 39.7 Å². The lowest BCUT2D eigenvalue weighted by molar-refractivity contribution is -0.149. The van der Waals surface area contributed by atoms with Crippen molar-refractivity contribution in [1.82, 2.24) is 25.2 Å². The number of benzene rings is 2. The molecule has 0 spiro atoms. The third-order valence-corrected chi connectivity index (χ3v) is 11.4. The molecule has 1 aliphatic carbocycles. The topological polar surface area (TPSA) is 178 Å². The van der Waals surface area contributed by atoms with Crippen LogP contribution in [0.15, 0.2) is 60.7 Å². The molecule has 0 radical (unpaired) electrons. The van der Waals surface area contributed by atoms with Crippen LogP contribution in [0.3, 0.4) is 0 Å². The Labute approximate surface area is 313 Å². The number of likely N-dealkylation sites (tertiary alicyclic amines) is 2. The van der Waals surface area contributed by atoms with Gasteiger partial charge >= 0.3 is 5.97 Å². The van der Waals surface area contributed by atoms with Crippen molar-refractivity contribution in [2.24, 2.45) is 17.8 Å². The summed E-state index contributed by atoms with van der Waals surface area (Å²) in [7, 11) is -3.68. The van der Waals surface area contributed by atoms with Gasteiger partial charge in [-0.05, 0) is 67.9 Å². The van der Waals surface area contributed by atoms with Crippen molar-refractivity contribution in [3.8, 4) is 0 Å². The molecular formula is C39H54N6O7S. The van der Waals surface area contributed by atoms with Crippen molar-refractivity contribution in [2.75, 3.05) is 32.4 Å². The van der Waals surface area contributed by atoms with Crippen LogP contribution < -0.4 is 15.4 Å². The highest BCUT2D eigenvalue weighted by molar-refractivity contribution is 7.88. The Balaban J connectivity index is 1.08. The summed E-state index contributed by atoms with van der Waals surface area (Å²) in [6.45, 7) is 1.99. The molecule has 53 heavy (non-hydrogen) atoms. The molecule has 2 heterocycles. The number of rotatable bonds is 14. The van der Waals surface area contributed by atoms with Gasteiger partial charge in [0.05, 0.1) is 18.6 Å². The number of sulfonamides is 1. The number of nitrogens with one attached hydrogen (secondary N) is 4. The molecule has 2 saturated heterocycles. The summed E-state index contributed by atoms with van der Waals surface area (Å²) in [5.74, 6) is -1.75. The molecule has 3 fully saturated rings. The molecule has 2 aromatic carbocycles. The van der Waals surface area contributed by atoms with E-state index in [0.29, 0.717) is 51.9 Å². The van der Waals surface area contributed by atoms with Crippen LogP contribution in [0.2, 0.25) is 0 Å². The summed E-state index contributed by atoms with van der Waals surface area (Å²) >= 11 is 0. The van der Waals surface area contributed by atoms with Crippen LogP contribution >= 0.6 is 0 Å². The Hall–Kier alpha value is -4.30. The van der Waals surface area contributed by atoms with E-state index in [1.165, 1.54) is 4.90 Å². The van der Waals surface area contributed by atoms with E-state index in [0.717, 1.165) is 49.5 Å². The van der Waals surface area contributed by atoms with E-state index in [1.807, 2.05) is 65.6 Å². The second kappa shape index (κ2) is 19.2. The molecular weight excluding hydrogens is 697 g/mol. The maximum Gasteiger partial charge on any atom is 0.306 e. The molecule has 2 aromatic rings. The normalized spacial score (nSPS) is 19.6. The van der Waals surface area contributed by atoms with Gasteiger partial charge in [0.15, 0.2) is 5.96 Å². The number of nitrogens with zero attached hydrogens (tertiary/aromatic N) is 2. The van der Waals surface area contributed by atoms with Gasteiger partial charge in [-0.25, -0.2) is 13.1 Å². The molecule has 14 heteroatoms. The summed E-state index contributed by atoms with van der Waals surface area (Å²) in [6, 6.07) is 16.9. The summed E-state index contributed by atoms with van der Waals surface area (Å²) in [4.78, 5) is 56.7. The van der Waals surface area contributed by atoms with Crippen molar-refractivity contribution < 1.29 is 32.3 Å². The molecule has 0 bridgehead atoms. The van der Waals surface area contributed by atoms with Crippen LogP contribution in [-0.4, -0.2) is 92.4 Å². The maximum absolute atomic E-state index is 13.6. The number of carbonyl (C=O) groups excluding carboxylic acids is 4. The number of hydrogen-bond donors (Lipinski definition) is 4. The number of carbonyl (C=O) groups is 4. The first-order valence-electron chi connectivity index (χ1n) is 18.9. The van der Waals surface area contributed by atoms with Gasteiger partial charge in [0.2, 0.25) is 27.7 Å². The lowest BCUT2D eigenvalue weighted by atomic mass is 9.78. The van der Waals surface area contributed by atoms with Gasteiger partial charge in [0.1, 0.15) is 18.7 Å². The number of hydrogen-bond acceptors (Lipinski definition) is 8. The van der Waals surface area contributed by atoms with Crippen LogP contribution in [0.25, 0.3) is 0 Å². The molecule has 1 saturated carbocycles. The summed E-state index contributed by atoms with van der Waals surface area (Å²) in [5.41, 5.74) is 1.69. The van der Waals surface area contributed by atoms with Crippen molar-refractivity contribution in [1.29, 1.82) is 5.41 Å². The lowest BCUT2D eigenvalue weighted by Crippen LogP contribution is -2.54. The monoisotopic (exact) mass is 750 g/mol. The standard InChI is InChI=1S/C39H54N6O7S/c1-53(50,51)43-33(24-28-12-5-2-6-13-28)38(49)45-21-11-18-34(45)37(48)41-26-29-19-22-44(23-20-29)39(40)42-36(47)32(31-16-9-4-10-17-31)25-35(46)52-27-30-14-7-3-8-15-30/h2-3,5-8,12-15,29,31-34,43H,4,9-11,16-27H2,1H3,(H,41,48)(H2,40,42,47)/t32?,33-,34+/m1/s1. The Kier molecular flexibility index (Phi) is 14.4. The first-order chi connectivity index (χ1) is 25.5. The van der Waals surface area contributed by atoms with Crippen molar-refractivity contribution in [3.05, 3.63) is 71.8 Å². The van der Waals surface area contributed by atoms with Gasteiger partial charge in [-0.1, -0.05) is 79.9 Å². The first-order valence-corrected chi connectivity index (χ1v) is 20.8. The SMILES string of the molecule is CS(=O)(=O)N[C@H](Cc1ccccc1)C(=O)N1CCC[C@H]1C(=O)NCC1CCN(C(=N)NC(=O)C(CC(=O)OCc2ccccc2)C2CCCCC2)CC1. The molecule has 0 aromatic heterocycles. The summed E-state index contributed by atoms with van der Waals surface area (Å²) in [5, 5.41) is 14.5. The minimum Gasteiger partial charge on any atom is -0.461 e. The van der Waals surface area contributed by atoms with Gasteiger partial charge in [-0.2, -0.15) is 0 Å². The minimum atomic E-state index is -3.68. The highest BCUT2D eigenvalue weighted by Gasteiger charge is 2.38. The molecule has 3 amide bonds. The zero-order valence-corrected chi connectivity index (χ0v) is 31.5. The fraction of sp³-hybridized carbons (Fsp3) is 0.564. The van der Waals surface area contributed by atoms with E-state index >= 15 is 0 Å². The molecule has 13 nitrogen and oxygen atoms in total. The molecule has 1 unspecified atom stereocenters. The van der Waals surface area contributed by atoms with E-state index in [2.05, 4.69) is 15.4 Å². The summed E-state index contributed by atoms with van der Waals surface area (Å²) < 4.78 is 32.3. The number of esters is 1. The Morgan fingerprint density at radius 1 is 0.849 bits per heavy atom. The van der Waals surface area contributed by atoms with Crippen molar-refractivity contribution in [2.45, 2.75) is 89.3 Å². The average molecular weight is 751 g/mol. The van der Waals surface area contributed by atoms with Crippen LogP contribution in [0.4, 0.5) is 0 Å².